The number of nitrogens with one attached hydrogen (secondary N) is 1. The monoisotopic (exact) mass is 251 g/mol. The molecule has 1 fully saturated rings. The molecule has 2 nitrogen and oxygen atoms in total. The lowest BCUT2D eigenvalue weighted by Gasteiger charge is -2.14. The van der Waals surface area contributed by atoms with Crippen molar-refractivity contribution >= 4 is 11.6 Å². The van der Waals surface area contributed by atoms with Crippen LogP contribution >= 0.6 is 0 Å². The summed E-state index contributed by atoms with van der Waals surface area (Å²) in [5.41, 5.74) is 0.661. The second kappa shape index (κ2) is 4.34. The fourth-order valence-corrected chi connectivity index (χ4v) is 3.17. The zero-order chi connectivity index (χ0) is 12.7. The fraction of sp³-hybridized carbons (Fsp3) is 0.500. The molecule has 96 valence electrons. The molecule has 0 bridgehead atoms. The molecule has 3 rings (SSSR count). The highest BCUT2D eigenvalue weighted by molar-refractivity contribution is 6.03. The molecular weight excluding hydrogens is 236 g/mol. The molecular formula is C14H15F2NO. The third-order valence-corrected chi connectivity index (χ3v) is 4.07. The molecule has 2 aliphatic rings. The van der Waals surface area contributed by atoms with Crippen LogP contribution < -0.4 is 5.32 Å². The number of anilines is 1. The van der Waals surface area contributed by atoms with Crippen molar-refractivity contribution in [3.8, 4) is 0 Å². The number of hydrogen-bond donors (Lipinski definition) is 1. The lowest BCUT2D eigenvalue weighted by molar-refractivity contribution is -0.117. The molecule has 18 heavy (non-hydrogen) atoms. The molecule has 0 aromatic heterocycles. The quantitative estimate of drug-likeness (QED) is 0.855. The maximum Gasteiger partial charge on any atom is 0.232 e. The van der Waals surface area contributed by atoms with Gasteiger partial charge in [0.25, 0.3) is 0 Å². The SMILES string of the molecule is O=C1Nc2c(F)cc(F)cc2C1CC1CCCC1. The molecule has 0 radical (unpaired) electrons. The van der Waals surface area contributed by atoms with Gasteiger partial charge in [-0.25, -0.2) is 8.78 Å². The van der Waals surface area contributed by atoms with E-state index in [1.807, 2.05) is 0 Å². The van der Waals surface area contributed by atoms with Crippen LogP contribution in [-0.2, 0) is 4.79 Å². The van der Waals surface area contributed by atoms with Gasteiger partial charge in [0.15, 0.2) is 0 Å². The van der Waals surface area contributed by atoms with Gasteiger partial charge in [-0.05, 0) is 24.0 Å². The molecule has 1 N–H and O–H groups in total. The van der Waals surface area contributed by atoms with E-state index in [4.69, 9.17) is 0 Å². The first-order valence-corrected chi connectivity index (χ1v) is 6.45. The van der Waals surface area contributed by atoms with Crippen molar-refractivity contribution in [3.63, 3.8) is 0 Å². The lowest BCUT2D eigenvalue weighted by atomic mass is 9.89. The molecule has 0 spiro atoms. The standard InChI is InChI=1S/C14H15F2NO/c15-9-6-10-11(5-8-3-1-2-4-8)14(18)17-13(10)12(16)7-9/h6-8,11H,1-5H2,(H,17,18). The predicted octanol–water partition coefficient (Wildman–Crippen LogP) is 3.58. The van der Waals surface area contributed by atoms with Gasteiger partial charge < -0.3 is 5.32 Å². The summed E-state index contributed by atoms with van der Waals surface area (Å²) in [6.45, 7) is 0. The van der Waals surface area contributed by atoms with Crippen molar-refractivity contribution in [2.24, 2.45) is 5.92 Å². The summed E-state index contributed by atoms with van der Waals surface area (Å²) in [5, 5.41) is 2.54. The number of halogens is 2. The predicted molar refractivity (Wildman–Crippen MR) is 64.3 cm³/mol. The second-order valence-corrected chi connectivity index (χ2v) is 5.28. The molecule has 1 unspecified atom stereocenters. The maximum atomic E-state index is 13.6. The van der Waals surface area contributed by atoms with Gasteiger partial charge in [-0.3, -0.25) is 4.79 Å². The van der Waals surface area contributed by atoms with Crippen LogP contribution in [0.4, 0.5) is 14.5 Å². The van der Waals surface area contributed by atoms with E-state index >= 15 is 0 Å². The van der Waals surface area contributed by atoms with E-state index in [9.17, 15) is 13.6 Å². The number of hydrogen-bond acceptors (Lipinski definition) is 1. The van der Waals surface area contributed by atoms with Crippen LogP contribution in [0.2, 0.25) is 0 Å². The highest BCUT2D eigenvalue weighted by atomic mass is 19.1. The largest absolute Gasteiger partial charge is 0.323 e. The third kappa shape index (κ3) is 1.89. The Kier molecular flexibility index (Phi) is 2.80. The molecule has 0 saturated heterocycles. The van der Waals surface area contributed by atoms with Gasteiger partial charge in [0.05, 0.1) is 11.6 Å². The summed E-state index contributed by atoms with van der Waals surface area (Å²) in [4.78, 5) is 11.9. The Hall–Kier alpha value is -1.45. The normalized spacial score (nSPS) is 23.2. The zero-order valence-corrected chi connectivity index (χ0v) is 10.0. The van der Waals surface area contributed by atoms with E-state index in [0.717, 1.165) is 18.9 Å². The van der Waals surface area contributed by atoms with Crippen molar-refractivity contribution in [3.05, 3.63) is 29.3 Å². The lowest BCUT2D eigenvalue weighted by Crippen LogP contribution is -2.14. The van der Waals surface area contributed by atoms with E-state index in [1.165, 1.54) is 18.9 Å². The maximum absolute atomic E-state index is 13.6. The van der Waals surface area contributed by atoms with Crippen LogP contribution in [0.3, 0.4) is 0 Å². The molecule has 1 aromatic rings. The Morgan fingerprint density at radius 3 is 2.67 bits per heavy atom. The number of carbonyl (C=O) groups is 1. The zero-order valence-electron chi connectivity index (χ0n) is 10.0. The van der Waals surface area contributed by atoms with Crippen molar-refractivity contribution in [2.45, 2.75) is 38.0 Å². The highest BCUT2D eigenvalue weighted by Crippen LogP contribution is 2.41. The molecule has 1 saturated carbocycles. The van der Waals surface area contributed by atoms with Crippen molar-refractivity contribution < 1.29 is 13.6 Å². The number of carbonyl (C=O) groups excluding carboxylic acids is 1. The van der Waals surface area contributed by atoms with Crippen molar-refractivity contribution in [1.29, 1.82) is 0 Å². The Morgan fingerprint density at radius 2 is 1.94 bits per heavy atom. The number of amides is 1. The first-order valence-electron chi connectivity index (χ1n) is 6.45. The van der Waals surface area contributed by atoms with Gasteiger partial charge >= 0.3 is 0 Å². The van der Waals surface area contributed by atoms with Gasteiger partial charge in [-0.2, -0.15) is 0 Å². The van der Waals surface area contributed by atoms with Gasteiger partial charge in [-0.1, -0.05) is 25.7 Å². The number of benzene rings is 1. The van der Waals surface area contributed by atoms with E-state index in [2.05, 4.69) is 5.32 Å². The Morgan fingerprint density at radius 1 is 1.22 bits per heavy atom. The summed E-state index contributed by atoms with van der Waals surface area (Å²) in [6, 6.07) is 2.10. The Bertz CT molecular complexity index is 495. The van der Waals surface area contributed by atoms with Gasteiger partial charge in [-0.15, -0.1) is 0 Å². The summed E-state index contributed by atoms with van der Waals surface area (Å²) < 4.78 is 26.8. The van der Waals surface area contributed by atoms with Crippen molar-refractivity contribution in [2.75, 3.05) is 5.32 Å². The Balaban J connectivity index is 1.90. The third-order valence-electron chi connectivity index (χ3n) is 4.07. The van der Waals surface area contributed by atoms with Gasteiger partial charge in [0.2, 0.25) is 5.91 Å². The van der Waals surface area contributed by atoms with Crippen LogP contribution in [0.1, 0.15) is 43.6 Å². The smallest absolute Gasteiger partial charge is 0.232 e. The fourth-order valence-electron chi connectivity index (χ4n) is 3.17. The van der Waals surface area contributed by atoms with Gasteiger partial charge in [0.1, 0.15) is 11.6 Å². The van der Waals surface area contributed by atoms with Gasteiger partial charge in [0, 0.05) is 6.07 Å². The van der Waals surface area contributed by atoms with Crippen LogP contribution in [0.5, 0.6) is 0 Å². The first kappa shape index (κ1) is 11.6. The van der Waals surface area contributed by atoms with E-state index in [0.29, 0.717) is 17.9 Å². The first-order chi connectivity index (χ1) is 8.65. The summed E-state index contributed by atoms with van der Waals surface area (Å²) in [6.07, 6.45) is 5.35. The Labute approximate surface area is 104 Å². The van der Waals surface area contributed by atoms with Crippen LogP contribution in [0, 0.1) is 17.6 Å². The van der Waals surface area contributed by atoms with E-state index < -0.39 is 11.6 Å². The summed E-state index contributed by atoms with van der Waals surface area (Å²) >= 11 is 0. The van der Waals surface area contributed by atoms with E-state index in [-0.39, 0.29) is 17.5 Å². The molecule has 1 heterocycles. The summed E-state index contributed by atoms with van der Waals surface area (Å²) in [5.74, 6) is -1.35. The van der Waals surface area contributed by atoms with E-state index in [1.54, 1.807) is 0 Å². The molecule has 1 aliphatic heterocycles. The minimum atomic E-state index is -0.674. The highest BCUT2D eigenvalue weighted by Gasteiger charge is 2.35. The molecule has 1 aromatic carbocycles. The number of rotatable bonds is 2. The van der Waals surface area contributed by atoms with Crippen LogP contribution in [-0.4, -0.2) is 5.91 Å². The topological polar surface area (TPSA) is 29.1 Å². The average Bonchev–Trinajstić information content (AvgIpc) is 2.91. The van der Waals surface area contributed by atoms with Crippen molar-refractivity contribution in [1.82, 2.24) is 0 Å². The molecule has 4 heteroatoms. The molecule has 1 atom stereocenters. The van der Waals surface area contributed by atoms with Crippen LogP contribution in [0.15, 0.2) is 12.1 Å². The minimum Gasteiger partial charge on any atom is -0.323 e. The number of fused-ring (bicyclic) bond motifs is 1. The average molecular weight is 251 g/mol. The molecule has 1 aliphatic carbocycles. The summed E-state index contributed by atoms with van der Waals surface area (Å²) in [7, 11) is 0. The minimum absolute atomic E-state index is 0.171. The second-order valence-electron chi connectivity index (χ2n) is 5.28. The van der Waals surface area contributed by atoms with Crippen LogP contribution in [0.25, 0.3) is 0 Å². The molecule has 1 amide bonds.